The molecule has 2 heteroatoms. The number of ether oxygens (including phenoxy) is 1. The highest BCUT2D eigenvalue weighted by Gasteiger charge is 2.50. The van der Waals surface area contributed by atoms with E-state index in [1.54, 1.807) is 0 Å². The molecule has 0 aromatic rings. The second kappa shape index (κ2) is 2.46. The van der Waals surface area contributed by atoms with Gasteiger partial charge in [0, 0.05) is 5.54 Å². The molecule has 1 heterocycles. The molecule has 1 aliphatic carbocycles. The van der Waals surface area contributed by atoms with Crippen molar-refractivity contribution < 1.29 is 4.74 Å². The van der Waals surface area contributed by atoms with E-state index in [0.717, 1.165) is 6.61 Å². The molecule has 0 amide bonds. The zero-order valence-corrected chi connectivity index (χ0v) is 8.39. The first-order chi connectivity index (χ1) is 5.56. The molecule has 0 N–H and O–H groups in total. The van der Waals surface area contributed by atoms with E-state index in [0.29, 0.717) is 11.1 Å². The molecule has 70 valence electrons. The maximum absolute atomic E-state index is 5.49. The monoisotopic (exact) mass is 169 g/mol. The Bertz CT molecular complexity index is 174. The summed E-state index contributed by atoms with van der Waals surface area (Å²) in [6.45, 7) is 3.39. The van der Waals surface area contributed by atoms with Gasteiger partial charge in [-0.2, -0.15) is 0 Å². The summed E-state index contributed by atoms with van der Waals surface area (Å²) in [5.74, 6) is 0. The Labute approximate surface area is 74.9 Å². The molecule has 0 atom stereocenters. The summed E-state index contributed by atoms with van der Waals surface area (Å²) in [4.78, 5) is 2.36. The molecule has 1 saturated heterocycles. The predicted molar refractivity (Wildman–Crippen MR) is 49.2 cm³/mol. The molecule has 0 unspecified atom stereocenters. The van der Waals surface area contributed by atoms with Crippen LogP contribution in [-0.4, -0.2) is 36.7 Å². The molecular weight excluding hydrogens is 150 g/mol. The van der Waals surface area contributed by atoms with Gasteiger partial charge in [0.05, 0.1) is 12.2 Å². The summed E-state index contributed by atoms with van der Waals surface area (Å²) in [5, 5.41) is 0. The summed E-state index contributed by atoms with van der Waals surface area (Å²) in [6, 6.07) is 0. The van der Waals surface area contributed by atoms with Crippen LogP contribution in [0.25, 0.3) is 0 Å². The van der Waals surface area contributed by atoms with Crippen LogP contribution in [0.15, 0.2) is 0 Å². The number of nitrogens with zero attached hydrogens (tertiary/aromatic N) is 1. The lowest BCUT2D eigenvalue weighted by Gasteiger charge is -2.41. The normalized spacial score (nSPS) is 47.0. The van der Waals surface area contributed by atoms with Crippen molar-refractivity contribution in [2.75, 3.05) is 20.7 Å². The van der Waals surface area contributed by atoms with Crippen LogP contribution >= 0.6 is 0 Å². The number of rotatable bonds is 1. The van der Waals surface area contributed by atoms with Gasteiger partial charge >= 0.3 is 0 Å². The smallest absolute Gasteiger partial charge is 0.0918 e. The summed E-state index contributed by atoms with van der Waals surface area (Å²) in [6.07, 6.45) is 5.11. The topological polar surface area (TPSA) is 15.8 Å². The molecule has 0 radical (unpaired) electrons. The van der Waals surface area contributed by atoms with Crippen LogP contribution in [0.2, 0.25) is 0 Å². The first kappa shape index (κ1) is 8.52. The minimum atomic E-state index is 0.343. The van der Waals surface area contributed by atoms with Crippen LogP contribution in [0.1, 0.15) is 32.6 Å². The molecule has 0 aromatic heterocycles. The number of epoxide rings is 1. The van der Waals surface area contributed by atoms with E-state index >= 15 is 0 Å². The highest BCUT2D eigenvalue weighted by Crippen LogP contribution is 2.46. The molecule has 1 saturated carbocycles. The first-order valence-corrected chi connectivity index (χ1v) is 4.88. The van der Waals surface area contributed by atoms with Crippen molar-refractivity contribution in [3.05, 3.63) is 0 Å². The maximum Gasteiger partial charge on any atom is 0.0918 e. The zero-order valence-electron chi connectivity index (χ0n) is 8.39. The Hall–Kier alpha value is -0.0800. The highest BCUT2D eigenvalue weighted by atomic mass is 16.6. The van der Waals surface area contributed by atoms with Crippen LogP contribution in [0.5, 0.6) is 0 Å². The van der Waals surface area contributed by atoms with Crippen LogP contribution < -0.4 is 0 Å². The van der Waals surface area contributed by atoms with Gasteiger partial charge < -0.3 is 9.64 Å². The Balaban J connectivity index is 1.96. The van der Waals surface area contributed by atoms with Crippen molar-refractivity contribution in [1.82, 2.24) is 4.90 Å². The Morgan fingerprint density at radius 1 is 1.08 bits per heavy atom. The minimum absolute atomic E-state index is 0.343. The second-order valence-corrected chi connectivity index (χ2v) is 4.86. The Morgan fingerprint density at radius 2 is 1.58 bits per heavy atom. The molecule has 2 rings (SSSR count). The Kier molecular flexibility index (Phi) is 1.74. The van der Waals surface area contributed by atoms with Gasteiger partial charge in [-0.3, -0.25) is 0 Å². The van der Waals surface area contributed by atoms with Gasteiger partial charge in [-0.05, 0) is 46.7 Å². The number of hydrogen-bond donors (Lipinski definition) is 0. The van der Waals surface area contributed by atoms with Crippen molar-refractivity contribution in [2.24, 2.45) is 0 Å². The Morgan fingerprint density at radius 3 is 1.92 bits per heavy atom. The van der Waals surface area contributed by atoms with Crippen LogP contribution in [0.4, 0.5) is 0 Å². The molecule has 0 bridgehead atoms. The average Bonchev–Trinajstić information content (AvgIpc) is 2.77. The SMILES string of the molecule is CN(C)C1(C)CCC2(CC1)CO2. The largest absolute Gasteiger partial charge is 0.370 e. The number of hydrogen-bond acceptors (Lipinski definition) is 2. The van der Waals surface area contributed by atoms with Gasteiger partial charge in [-0.15, -0.1) is 0 Å². The van der Waals surface area contributed by atoms with Gasteiger partial charge in [0.1, 0.15) is 0 Å². The third-order valence-corrected chi connectivity index (χ3v) is 3.87. The van der Waals surface area contributed by atoms with E-state index in [1.807, 2.05) is 0 Å². The van der Waals surface area contributed by atoms with E-state index in [9.17, 15) is 0 Å². The third kappa shape index (κ3) is 1.27. The molecule has 2 aliphatic rings. The fraction of sp³-hybridized carbons (Fsp3) is 1.00. The van der Waals surface area contributed by atoms with Gasteiger partial charge in [0.25, 0.3) is 0 Å². The first-order valence-electron chi connectivity index (χ1n) is 4.88. The predicted octanol–water partition coefficient (Wildman–Crippen LogP) is 1.65. The average molecular weight is 169 g/mol. The summed E-state index contributed by atoms with van der Waals surface area (Å²) in [7, 11) is 4.37. The van der Waals surface area contributed by atoms with Crippen molar-refractivity contribution in [3.63, 3.8) is 0 Å². The lowest BCUT2D eigenvalue weighted by Crippen LogP contribution is -2.45. The fourth-order valence-corrected chi connectivity index (χ4v) is 2.08. The van der Waals surface area contributed by atoms with Crippen LogP contribution in [0, 0.1) is 0 Å². The molecule has 1 spiro atoms. The summed E-state index contributed by atoms with van der Waals surface area (Å²) in [5.41, 5.74) is 0.771. The van der Waals surface area contributed by atoms with E-state index in [2.05, 4.69) is 25.9 Å². The van der Waals surface area contributed by atoms with E-state index in [4.69, 9.17) is 4.74 Å². The van der Waals surface area contributed by atoms with Crippen molar-refractivity contribution >= 4 is 0 Å². The summed E-state index contributed by atoms with van der Waals surface area (Å²) < 4.78 is 5.49. The van der Waals surface area contributed by atoms with Crippen molar-refractivity contribution in [1.29, 1.82) is 0 Å². The quantitative estimate of drug-likeness (QED) is 0.555. The van der Waals surface area contributed by atoms with E-state index in [1.165, 1.54) is 25.7 Å². The van der Waals surface area contributed by atoms with Gasteiger partial charge in [-0.1, -0.05) is 0 Å². The molecule has 2 nitrogen and oxygen atoms in total. The fourth-order valence-electron chi connectivity index (χ4n) is 2.08. The summed E-state index contributed by atoms with van der Waals surface area (Å²) >= 11 is 0. The van der Waals surface area contributed by atoms with Gasteiger partial charge in [0.15, 0.2) is 0 Å². The standard InChI is InChI=1S/C10H19NO/c1-9(11(2)3)4-6-10(7-5-9)8-12-10/h4-8H2,1-3H3. The molecule has 0 aromatic carbocycles. The molecule has 1 aliphatic heterocycles. The molecule has 12 heavy (non-hydrogen) atoms. The van der Waals surface area contributed by atoms with E-state index in [-0.39, 0.29) is 0 Å². The van der Waals surface area contributed by atoms with Crippen molar-refractivity contribution in [2.45, 2.75) is 43.7 Å². The second-order valence-electron chi connectivity index (χ2n) is 4.86. The lowest BCUT2D eigenvalue weighted by molar-refractivity contribution is 0.0810. The lowest BCUT2D eigenvalue weighted by atomic mass is 9.77. The molecule has 2 fully saturated rings. The van der Waals surface area contributed by atoms with Crippen molar-refractivity contribution in [3.8, 4) is 0 Å². The van der Waals surface area contributed by atoms with Gasteiger partial charge in [-0.25, -0.2) is 0 Å². The maximum atomic E-state index is 5.49. The molecular formula is C10H19NO. The van der Waals surface area contributed by atoms with Crippen LogP contribution in [-0.2, 0) is 4.74 Å². The highest BCUT2D eigenvalue weighted by molar-refractivity contribution is 5.02. The van der Waals surface area contributed by atoms with Crippen LogP contribution in [0.3, 0.4) is 0 Å². The van der Waals surface area contributed by atoms with E-state index < -0.39 is 0 Å². The third-order valence-electron chi connectivity index (χ3n) is 3.87. The zero-order chi connectivity index (χ0) is 8.82. The van der Waals surface area contributed by atoms with Gasteiger partial charge in [0.2, 0.25) is 0 Å². The minimum Gasteiger partial charge on any atom is -0.370 e.